The van der Waals surface area contributed by atoms with Gasteiger partial charge in [-0.25, -0.2) is 4.98 Å². The molecule has 0 aliphatic carbocycles. The summed E-state index contributed by atoms with van der Waals surface area (Å²) in [6, 6.07) is 7.50. The largest absolute Gasteiger partial charge is 0.484 e. The molecule has 0 saturated heterocycles. The number of amides is 1. The van der Waals surface area contributed by atoms with Gasteiger partial charge in [-0.2, -0.15) is 0 Å². The van der Waals surface area contributed by atoms with Crippen LogP contribution in [0.2, 0.25) is 0 Å². The first kappa shape index (κ1) is 16.3. The molecule has 0 aliphatic heterocycles. The highest BCUT2D eigenvalue weighted by atomic mass is 32.1. The van der Waals surface area contributed by atoms with Gasteiger partial charge in [0.2, 0.25) is 0 Å². The number of benzene rings is 1. The van der Waals surface area contributed by atoms with Crippen molar-refractivity contribution in [2.75, 3.05) is 25.9 Å². The number of nitrogens with two attached hydrogens (primary N) is 1. The van der Waals surface area contributed by atoms with Crippen LogP contribution >= 0.6 is 11.3 Å². The third-order valence-electron chi connectivity index (χ3n) is 3.31. The maximum atomic E-state index is 11.9. The van der Waals surface area contributed by atoms with Crippen LogP contribution in [0.3, 0.4) is 0 Å². The van der Waals surface area contributed by atoms with Crippen molar-refractivity contribution in [1.29, 1.82) is 0 Å². The fraction of sp³-hybridized carbons (Fsp3) is 0.375. The molecule has 0 atom stereocenters. The number of likely N-dealkylation sites (N-methyl/N-ethyl adjacent to an activating group) is 1. The lowest BCUT2D eigenvalue weighted by Crippen LogP contribution is -2.32. The highest BCUT2D eigenvalue weighted by Crippen LogP contribution is 2.24. The van der Waals surface area contributed by atoms with E-state index in [0.29, 0.717) is 10.9 Å². The standard InChI is InChI=1S/C16H21N3O2S/c1-3-4-9-19(2)15(20)10-21-13-7-5-12(6-8-13)14-11-22-16(17)18-14/h5-8,11H,3-4,9-10H2,1-2H3,(H2,17,18). The molecule has 0 radical (unpaired) electrons. The summed E-state index contributed by atoms with van der Waals surface area (Å²) in [5.74, 6) is 0.661. The molecule has 22 heavy (non-hydrogen) atoms. The van der Waals surface area contributed by atoms with Crippen LogP contribution in [0.1, 0.15) is 19.8 Å². The Kier molecular flexibility index (Phi) is 5.77. The fourth-order valence-corrected chi connectivity index (χ4v) is 2.49. The Morgan fingerprint density at radius 2 is 2.09 bits per heavy atom. The number of anilines is 1. The zero-order chi connectivity index (χ0) is 15.9. The molecular formula is C16H21N3O2S. The average Bonchev–Trinajstić information content (AvgIpc) is 2.97. The molecule has 118 valence electrons. The number of ether oxygens (including phenoxy) is 1. The van der Waals surface area contributed by atoms with Crippen molar-refractivity contribution in [3.05, 3.63) is 29.6 Å². The van der Waals surface area contributed by atoms with Crippen LogP contribution in [0.25, 0.3) is 11.3 Å². The minimum Gasteiger partial charge on any atom is -0.484 e. The fourth-order valence-electron chi connectivity index (χ4n) is 1.92. The van der Waals surface area contributed by atoms with Crippen molar-refractivity contribution in [1.82, 2.24) is 9.88 Å². The van der Waals surface area contributed by atoms with Crippen LogP contribution in [0.5, 0.6) is 5.75 Å². The van der Waals surface area contributed by atoms with Crippen LogP contribution in [0.4, 0.5) is 5.13 Å². The first-order chi connectivity index (χ1) is 10.6. The molecule has 0 aliphatic rings. The van der Waals surface area contributed by atoms with E-state index in [-0.39, 0.29) is 12.5 Å². The summed E-state index contributed by atoms with van der Waals surface area (Å²) in [4.78, 5) is 17.8. The highest BCUT2D eigenvalue weighted by molar-refractivity contribution is 7.13. The van der Waals surface area contributed by atoms with E-state index < -0.39 is 0 Å². The number of hydrogen-bond acceptors (Lipinski definition) is 5. The van der Waals surface area contributed by atoms with Gasteiger partial charge in [0.25, 0.3) is 5.91 Å². The van der Waals surface area contributed by atoms with Crippen LogP contribution < -0.4 is 10.5 Å². The van der Waals surface area contributed by atoms with Gasteiger partial charge in [0, 0.05) is 24.5 Å². The number of nitrogens with zero attached hydrogens (tertiary/aromatic N) is 2. The Morgan fingerprint density at radius 3 is 2.68 bits per heavy atom. The quantitative estimate of drug-likeness (QED) is 0.851. The molecule has 6 heteroatoms. The summed E-state index contributed by atoms with van der Waals surface area (Å²) in [6.07, 6.45) is 2.08. The number of aromatic nitrogens is 1. The molecule has 0 saturated carbocycles. The van der Waals surface area contributed by atoms with Gasteiger partial charge >= 0.3 is 0 Å². The van der Waals surface area contributed by atoms with E-state index in [1.807, 2.05) is 29.6 Å². The van der Waals surface area contributed by atoms with Crippen molar-refractivity contribution in [2.45, 2.75) is 19.8 Å². The average molecular weight is 319 g/mol. The van der Waals surface area contributed by atoms with Crippen molar-refractivity contribution in [3.8, 4) is 17.0 Å². The summed E-state index contributed by atoms with van der Waals surface area (Å²) in [6.45, 7) is 2.93. The van der Waals surface area contributed by atoms with E-state index in [4.69, 9.17) is 10.5 Å². The summed E-state index contributed by atoms with van der Waals surface area (Å²) >= 11 is 1.41. The van der Waals surface area contributed by atoms with Crippen LogP contribution in [-0.4, -0.2) is 36.0 Å². The predicted molar refractivity (Wildman–Crippen MR) is 90.0 cm³/mol. The van der Waals surface area contributed by atoms with E-state index in [2.05, 4.69) is 11.9 Å². The Morgan fingerprint density at radius 1 is 1.36 bits per heavy atom. The van der Waals surface area contributed by atoms with Gasteiger partial charge in [-0.1, -0.05) is 13.3 Å². The van der Waals surface area contributed by atoms with Crippen molar-refractivity contribution in [2.24, 2.45) is 0 Å². The number of unbranched alkanes of at least 4 members (excludes halogenated alkanes) is 1. The lowest BCUT2D eigenvalue weighted by molar-refractivity contribution is -0.132. The first-order valence-corrected chi connectivity index (χ1v) is 8.16. The molecule has 0 fully saturated rings. The maximum Gasteiger partial charge on any atom is 0.260 e. The smallest absolute Gasteiger partial charge is 0.260 e. The SMILES string of the molecule is CCCCN(C)C(=O)COc1ccc(-c2csc(N)n2)cc1. The van der Waals surface area contributed by atoms with E-state index >= 15 is 0 Å². The molecule has 0 unspecified atom stereocenters. The summed E-state index contributed by atoms with van der Waals surface area (Å²) < 4.78 is 5.53. The number of nitrogen functional groups attached to an aromatic ring is 1. The summed E-state index contributed by atoms with van der Waals surface area (Å²) in [5, 5.41) is 2.47. The number of thiazole rings is 1. The van der Waals surface area contributed by atoms with E-state index in [1.165, 1.54) is 11.3 Å². The van der Waals surface area contributed by atoms with Gasteiger partial charge < -0.3 is 15.4 Å². The number of hydrogen-bond donors (Lipinski definition) is 1. The summed E-state index contributed by atoms with van der Waals surface area (Å²) in [5.41, 5.74) is 7.46. The third kappa shape index (κ3) is 4.46. The van der Waals surface area contributed by atoms with Crippen molar-refractivity contribution >= 4 is 22.4 Å². The second-order valence-electron chi connectivity index (χ2n) is 5.05. The highest BCUT2D eigenvalue weighted by Gasteiger charge is 2.09. The number of rotatable bonds is 7. The Bertz CT molecular complexity index is 610. The second kappa shape index (κ2) is 7.79. The molecule has 0 spiro atoms. The normalized spacial score (nSPS) is 10.5. The zero-order valence-electron chi connectivity index (χ0n) is 12.9. The zero-order valence-corrected chi connectivity index (χ0v) is 13.7. The van der Waals surface area contributed by atoms with Crippen LogP contribution in [0, 0.1) is 0 Å². The van der Waals surface area contributed by atoms with E-state index in [9.17, 15) is 4.79 Å². The van der Waals surface area contributed by atoms with Gasteiger partial charge in [0.05, 0.1) is 5.69 Å². The first-order valence-electron chi connectivity index (χ1n) is 7.28. The van der Waals surface area contributed by atoms with Crippen molar-refractivity contribution < 1.29 is 9.53 Å². The minimum absolute atomic E-state index is 0.00944. The Balaban J connectivity index is 1.87. The summed E-state index contributed by atoms with van der Waals surface area (Å²) in [7, 11) is 1.80. The maximum absolute atomic E-state index is 11.9. The predicted octanol–water partition coefficient (Wildman–Crippen LogP) is 3.03. The van der Waals surface area contributed by atoms with Gasteiger partial charge in [0.1, 0.15) is 5.75 Å². The molecule has 2 N–H and O–H groups in total. The molecule has 1 heterocycles. The second-order valence-corrected chi connectivity index (χ2v) is 5.94. The van der Waals surface area contributed by atoms with Gasteiger partial charge in [-0.3, -0.25) is 4.79 Å². The molecule has 0 bridgehead atoms. The van der Waals surface area contributed by atoms with Gasteiger partial charge in [0.15, 0.2) is 11.7 Å². The lowest BCUT2D eigenvalue weighted by Gasteiger charge is -2.17. The molecule has 1 amide bonds. The van der Waals surface area contributed by atoms with Crippen LogP contribution in [0.15, 0.2) is 29.6 Å². The number of carbonyl (C=O) groups is 1. The topological polar surface area (TPSA) is 68.5 Å². The number of carbonyl (C=O) groups excluding carboxylic acids is 1. The molecule has 2 aromatic rings. The minimum atomic E-state index is -0.00944. The van der Waals surface area contributed by atoms with Gasteiger partial charge in [-0.05, 0) is 30.7 Å². The van der Waals surface area contributed by atoms with Gasteiger partial charge in [-0.15, -0.1) is 11.3 Å². The Labute approximate surface area is 134 Å². The molecule has 2 rings (SSSR count). The van der Waals surface area contributed by atoms with E-state index in [1.54, 1.807) is 11.9 Å². The lowest BCUT2D eigenvalue weighted by atomic mass is 10.2. The van der Waals surface area contributed by atoms with Crippen LogP contribution in [-0.2, 0) is 4.79 Å². The molecular weight excluding hydrogens is 298 g/mol. The molecule has 5 nitrogen and oxygen atoms in total. The van der Waals surface area contributed by atoms with Crippen molar-refractivity contribution in [3.63, 3.8) is 0 Å². The third-order valence-corrected chi connectivity index (χ3v) is 3.98. The molecule has 1 aromatic heterocycles. The van der Waals surface area contributed by atoms with E-state index in [0.717, 1.165) is 30.6 Å². The Hall–Kier alpha value is -2.08. The molecule has 1 aromatic carbocycles. The monoisotopic (exact) mass is 319 g/mol.